The average Bonchev–Trinajstić information content (AvgIpc) is 2.52. The van der Waals surface area contributed by atoms with Crippen LogP contribution in [0.5, 0.6) is 0 Å². The monoisotopic (exact) mass is 201 g/mol. The van der Waals surface area contributed by atoms with E-state index in [-0.39, 0.29) is 18.9 Å². The van der Waals surface area contributed by atoms with Crippen molar-refractivity contribution in [2.45, 2.75) is 44.6 Å². The molecule has 2 rings (SSSR count). The highest BCUT2D eigenvalue weighted by atomic mass is 19.3. The van der Waals surface area contributed by atoms with Gasteiger partial charge in [0.25, 0.3) is 0 Å². The van der Waals surface area contributed by atoms with Crippen molar-refractivity contribution in [3.63, 3.8) is 0 Å². The van der Waals surface area contributed by atoms with Crippen molar-refractivity contribution in [1.29, 1.82) is 0 Å². The van der Waals surface area contributed by atoms with Crippen molar-refractivity contribution in [1.82, 2.24) is 14.8 Å². The van der Waals surface area contributed by atoms with E-state index in [0.717, 1.165) is 5.82 Å². The number of hydrogen-bond donors (Lipinski definition) is 0. The maximum atomic E-state index is 12.9. The van der Waals surface area contributed by atoms with Crippen LogP contribution in [-0.4, -0.2) is 20.7 Å². The Balaban J connectivity index is 2.06. The summed E-state index contributed by atoms with van der Waals surface area (Å²) in [4.78, 5) is 0. The molecule has 0 spiro atoms. The lowest BCUT2D eigenvalue weighted by atomic mass is 9.92. The molecule has 78 valence electrons. The summed E-state index contributed by atoms with van der Waals surface area (Å²) in [5, 5.41) is 7.61. The van der Waals surface area contributed by atoms with Crippen molar-refractivity contribution in [2.24, 2.45) is 0 Å². The third kappa shape index (κ3) is 1.76. The zero-order chi connectivity index (χ0) is 10.2. The van der Waals surface area contributed by atoms with Gasteiger partial charge in [0, 0.05) is 18.9 Å². The summed E-state index contributed by atoms with van der Waals surface area (Å²) in [6.45, 7) is 1.85. The molecule has 1 heterocycles. The molecule has 0 amide bonds. The Labute approximate surface area is 81.1 Å². The van der Waals surface area contributed by atoms with E-state index in [4.69, 9.17) is 0 Å². The number of rotatable bonds is 1. The predicted molar refractivity (Wildman–Crippen MR) is 47.2 cm³/mol. The Morgan fingerprint density at radius 1 is 1.43 bits per heavy atom. The maximum absolute atomic E-state index is 12.9. The van der Waals surface area contributed by atoms with Gasteiger partial charge in [-0.3, -0.25) is 0 Å². The van der Waals surface area contributed by atoms with Crippen LogP contribution in [0.1, 0.15) is 37.5 Å². The molecule has 1 aromatic rings. The van der Waals surface area contributed by atoms with Crippen LogP contribution in [0.4, 0.5) is 8.78 Å². The van der Waals surface area contributed by atoms with Gasteiger partial charge in [-0.15, -0.1) is 10.2 Å². The van der Waals surface area contributed by atoms with Crippen molar-refractivity contribution in [3.05, 3.63) is 12.2 Å². The lowest BCUT2D eigenvalue weighted by Gasteiger charge is -2.29. The summed E-state index contributed by atoms with van der Waals surface area (Å²) >= 11 is 0. The molecule has 1 aliphatic rings. The lowest BCUT2D eigenvalue weighted by molar-refractivity contribution is -0.0441. The van der Waals surface area contributed by atoms with Gasteiger partial charge >= 0.3 is 0 Å². The van der Waals surface area contributed by atoms with Crippen LogP contribution in [0.3, 0.4) is 0 Å². The van der Waals surface area contributed by atoms with Crippen LogP contribution in [0, 0.1) is 6.92 Å². The van der Waals surface area contributed by atoms with Crippen molar-refractivity contribution >= 4 is 0 Å². The van der Waals surface area contributed by atoms with Crippen molar-refractivity contribution in [2.75, 3.05) is 0 Å². The molecule has 1 aromatic heterocycles. The molecule has 1 aliphatic carbocycles. The molecule has 5 heteroatoms. The summed E-state index contributed by atoms with van der Waals surface area (Å²) < 4.78 is 27.7. The molecule has 0 atom stereocenters. The molecular formula is C9H13F2N3. The Bertz CT molecular complexity index is 312. The quantitative estimate of drug-likeness (QED) is 0.698. The van der Waals surface area contributed by atoms with Gasteiger partial charge in [0.2, 0.25) is 5.92 Å². The molecule has 1 saturated carbocycles. The van der Waals surface area contributed by atoms with Crippen LogP contribution < -0.4 is 0 Å². The smallest absolute Gasteiger partial charge is 0.248 e. The third-order valence-corrected chi connectivity index (χ3v) is 2.83. The second-order valence-electron chi connectivity index (χ2n) is 3.87. The summed E-state index contributed by atoms with van der Waals surface area (Å²) in [6, 6.07) is 0.157. The minimum atomic E-state index is -2.46. The van der Waals surface area contributed by atoms with Gasteiger partial charge in [0.15, 0.2) is 0 Å². The number of halogens is 2. The largest absolute Gasteiger partial charge is 0.315 e. The Hall–Kier alpha value is -1.00. The Kier molecular flexibility index (Phi) is 2.25. The fourth-order valence-corrected chi connectivity index (χ4v) is 1.96. The third-order valence-electron chi connectivity index (χ3n) is 2.83. The number of hydrogen-bond acceptors (Lipinski definition) is 2. The highest BCUT2D eigenvalue weighted by molar-refractivity contribution is 4.89. The Morgan fingerprint density at radius 3 is 2.57 bits per heavy atom. The normalized spacial score (nSPS) is 22.5. The van der Waals surface area contributed by atoms with Crippen LogP contribution in [0.25, 0.3) is 0 Å². The first-order valence-electron chi connectivity index (χ1n) is 4.82. The lowest BCUT2D eigenvalue weighted by Crippen LogP contribution is -2.26. The van der Waals surface area contributed by atoms with Crippen molar-refractivity contribution < 1.29 is 8.78 Å². The van der Waals surface area contributed by atoms with E-state index in [1.54, 1.807) is 6.33 Å². The van der Waals surface area contributed by atoms with Gasteiger partial charge in [0.05, 0.1) is 0 Å². The van der Waals surface area contributed by atoms with Gasteiger partial charge in [-0.2, -0.15) is 0 Å². The molecule has 0 aromatic carbocycles. The number of alkyl halides is 2. The van der Waals surface area contributed by atoms with E-state index in [1.165, 1.54) is 0 Å². The zero-order valence-electron chi connectivity index (χ0n) is 8.08. The minimum absolute atomic E-state index is 0.0186. The first-order valence-corrected chi connectivity index (χ1v) is 4.82. The predicted octanol–water partition coefficient (Wildman–Crippen LogP) is 2.34. The molecule has 0 N–H and O–H groups in total. The second-order valence-corrected chi connectivity index (χ2v) is 3.87. The van der Waals surface area contributed by atoms with Crippen LogP contribution in [0.2, 0.25) is 0 Å². The highest BCUT2D eigenvalue weighted by Gasteiger charge is 2.35. The minimum Gasteiger partial charge on any atom is -0.315 e. The SMILES string of the molecule is Cc1nncn1C1CCC(F)(F)CC1. The first-order chi connectivity index (χ1) is 6.58. The van der Waals surface area contributed by atoms with E-state index in [9.17, 15) is 8.78 Å². The summed E-state index contributed by atoms with van der Waals surface area (Å²) in [7, 11) is 0. The average molecular weight is 201 g/mol. The number of nitrogens with zero attached hydrogens (tertiary/aromatic N) is 3. The molecule has 14 heavy (non-hydrogen) atoms. The van der Waals surface area contributed by atoms with Crippen LogP contribution in [0.15, 0.2) is 6.33 Å². The first kappa shape index (κ1) is 9.55. The Morgan fingerprint density at radius 2 is 2.07 bits per heavy atom. The molecule has 0 saturated heterocycles. The standard InChI is InChI=1S/C9H13F2N3/c1-7-13-12-6-14(7)8-2-4-9(10,11)5-3-8/h6,8H,2-5H2,1H3. The second kappa shape index (κ2) is 3.29. The van der Waals surface area contributed by atoms with E-state index in [2.05, 4.69) is 10.2 Å². The zero-order valence-corrected chi connectivity index (χ0v) is 8.08. The van der Waals surface area contributed by atoms with Crippen LogP contribution >= 0.6 is 0 Å². The van der Waals surface area contributed by atoms with E-state index in [0.29, 0.717) is 12.8 Å². The van der Waals surface area contributed by atoms with Gasteiger partial charge < -0.3 is 4.57 Å². The highest BCUT2D eigenvalue weighted by Crippen LogP contribution is 2.38. The summed E-state index contributed by atoms with van der Waals surface area (Å²) in [6.07, 6.45) is 2.63. The maximum Gasteiger partial charge on any atom is 0.248 e. The molecule has 3 nitrogen and oxygen atoms in total. The molecule has 0 bridgehead atoms. The molecule has 0 aliphatic heterocycles. The van der Waals surface area contributed by atoms with Gasteiger partial charge in [0.1, 0.15) is 12.2 Å². The van der Waals surface area contributed by atoms with E-state index >= 15 is 0 Å². The van der Waals surface area contributed by atoms with Gasteiger partial charge in [-0.05, 0) is 19.8 Å². The molecule has 1 fully saturated rings. The topological polar surface area (TPSA) is 30.7 Å². The van der Waals surface area contributed by atoms with Crippen LogP contribution in [-0.2, 0) is 0 Å². The van der Waals surface area contributed by atoms with Gasteiger partial charge in [-0.1, -0.05) is 0 Å². The molecule has 0 unspecified atom stereocenters. The molecular weight excluding hydrogens is 188 g/mol. The number of aromatic nitrogens is 3. The fourth-order valence-electron chi connectivity index (χ4n) is 1.96. The van der Waals surface area contributed by atoms with E-state index in [1.807, 2.05) is 11.5 Å². The van der Waals surface area contributed by atoms with Crippen molar-refractivity contribution in [3.8, 4) is 0 Å². The molecule has 0 radical (unpaired) electrons. The van der Waals surface area contributed by atoms with E-state index < -0.39 is 5.92 Å². The fraction of sp³-hybridized carbons (Fsp3) is 0.778. The summed E-state index contributed by atoms with van der Waals surface area (Å²) in [5.74, 6) is -1.65. The van der Waals surface area contributed by atoms with Gasteiger partial charge in [-0.25, -0.2) is 8.78 Å². The summed E-state index contributed by atoms with van der Waals surface area (Å²) in [5.41, 5.74) is 0. The number of aryl methyl sites for hydroxylation is 1.